The zero-order valence-electron chi connectivity index (χ0n) is 9.76. The Morgan fingerprint density at radius 1 is 0.857 bits per heavy atom. The first-order chi connectivity index (χ1) is 6.75. The molecule has 0 bridgehead atoms. The summed E-state index contributed by atoms with van der Waals surface area (Å²) in [5.41, 5.74) is 0. The van der Waals surface area contributed by atoms with Crippen molar-refractivity contribution in [1.29, 1.82) is 0 Å². The van der Waals surface area contributed by atoms with Crippen molar-refractivity contribution in [2.75, 3.05) is 6.54 Å². The molecule has 1 aliphatic carbocycles. The van der Waals surface area contributed by atoms with E-state index in [0.29, 0.717) is 0 Å². The molecule has 1 heterocycles. The van der Waals surface area contributed by atoms with E-state index in [9.17, 15) is 0 Å². The summed E-state index contributed by atoms with van der Waals surface area (Å²) in [4.78, 5) is 0. The van der Waals surface area contributed by atoms with Gasteiger partial charge in [-0.25, -0.2) is 0 Å². The standard InChI is InChI=1S/C13H25N/c1-10-3-5-12(6-4-10)13-9-11(2)7-8-14-13/h10-14H,3-9H2,1-2H3. The van der Waals surface area contributed by atoms with Crippen LogP contribution in [0.5, 0.6) is 0 Å². The van der Waals surface area contributed by atoms with Crippen molar-refractivity contribution in [3.8, 4) is 0 Å². The van der Waals surface area contributed by atoms with Gasteiger partial charge in [-0.05, 0) is 50.0 Å². The second-order valence-corrected chi connectivity index (χ2v) is 5.71. The molecule has 1 saturated heterocycles. The molecule has 1 N–H and O–H groups in total. The Morgan fingerprint density at radius 3 is 2.21 bits per heavy atom. The summed E-state index contributed by atoms with van der Waals surface area (Å²) in [5.74, 6) is 2.95. The van der Waals surface area contributed by atoms with E-state index in [1.54, 1.807) is 0 Å². The van der Waals surface area contributed by atoms with E-state index in [4.69, 9.17) is 0 Å². The topological polar surface area (TPSA) is 12.0 Å². The van der Waals surface area contributed by atoms with Crippen molar-refractivity contribution in [1.82, 2.24) is 5.32 Å². The van der Waals surface area contributed by atoms with Gasteiger partial charge in [0.15, 0.2) is 0 Å². The monoisotopic (exact) mass is 195 g/mol. The Hall–Kier alpha value is -0.0400. The smallest absolute Gasteiger partial charge is 0.00978 e. The van der Waals surface area contributed by atoms with Crippen molar-refractivity contribution < 1.29 is 0 Å². The molecule has 1 aliphatic heterocycles. The van der Waals surface area contributed by atoms with Crippen LogP contribution in [0.25, 0.3) is 0 Å². The Bertz CT molecular complexity index is 170. The van der Waals surface area contributed by atoms with Crippen LogP contribution < -0.4 is 5.32 Å². The van der Waals surface area contributed by atoms with E-state index in [1.165, 1.54) is 45.1 Å². The number of nitrogens with one attached hydrogen (secondary N) is 1. The third-order valence-electron chi connectivity index (χ3n) is 4.33. The molecule has 2 unspecified atom stereocenters. The number of hydrogen-bond donors (Lipinski definition) is 1. The van der Waals surface area contributed by atoms with E-state index in [1.807, 2.05) is 0 Å². The van der Waals surface area contributed by atoms with E-state index < -0.39 is 0 Å². The second kappa shape index (κ2) is 4.65. The minimum absolute atomic E-state index is 0.853. The molecule has 0 spiro atoms. The highest BCUT2D eigenvalue weighted by Gasteiger charge is 2.28. The van der Waals surface area contributed by atoms with Crippen molar-refractivity contribution in [3.63, 3.8) is 0 Å². The first kappa shape index (κ1) is 10.5. The molecule has 2 atom stereocenters. The average molecular weight is 195 g/mol. The zero-order valence-corrected chi connectivity index (χ0v) is 9.76. The van der Waals surface area contributed by atoms with Crippen LogP contribution in [0.4, 0.5) is 0 Å². The van der Waals surface area contributed by atoms with Gasteiger partial charge in [-0.1, -0.05) is 26.7 Å². The van der Waals surface area contributed by atoms with Crippen molar-refractivity contribution in [2.24, 2.45) is 17.8 Å². The van der Waals surface area contributed by atoms with Crippen LogP contribution in [0.1, 0.15) is 52.4 Å². The van der Waals surface area contributed by atoms with Gasteiger partial charge in [-0.3, -0.25) is 0 Å². The summed E-state index contributed by atoms with van der Waals surface area (Å²) in [6.45, 7) is 6.09. The average Bonchev–Trinajstić information content (AvgIpc) is 2.19. The molecule has 2 fully saturated rings. The van der Waals surface area contributed by atoms with Gasteiger partial charge >= 0.3 is 0 Å². The molecule has 14 heavy (non-hydrogen) atoms. The largest absolute Gasteiger partial charge is 0.314 e. The van der Waals surface area contributed by atoms with Crippen LogP contribution in [0.3, 0.4) is 0 Å². The lowest BCUT2D eigenvalue weighted by Gasteiger charge is -2.37. The molecule has 0 amide bonds. The maximum absolute atomic E-state index is 3.73. The van der Waals surface area contributed by atoms with Crippen LogP contribution in [0.2, 0.25) is 0 Å². The number of piperidine rings is 1. The van der Waals surface area contributed by atoms with Crippen LogP contribution in [0.15, 0.2) is 0 Å². The first-order valence-corrected chi connectivity index (χ1v) is 6.49. The van der Waals surface area contributed by atoms with Gasteiger partial charge < -0.3 is 5.32 Å². The highest BCUT2D eigenvalue weighted by molar-refractivity contribution is 4.85. The fraction of sp³-hybridized carbons (Fsp3) is 1.00. The lowest BCUT2D eigenvalue weighted by molar-refractivity contribution is 0.183. The summed E-state index contributed by atoms with van der Waals surface area (Å²) in [7, 11) is 0. The van der Waals surface area contributed by atoms with Crippen LogP contribution in [-0.2, 0) is 0 Å². The molecule has 1 nitrogen and oxygen atoms in total. The maximum atomic E-state index is 3.73. The van der Waals surface area contributed by atoms with E-state index in [-0.39, 0.29) is 0 Å². The van der Waals surface area contributed by atoms with Gasteiger partial charge in [-0.2, -0.15) is 0 Å². The fourth-order valence-electron chi connectivity index (χ4n) is 3.20. The second-order valence-electron chi connectivity index (χ2n) is 5.71. The van der Waals surface area contributed by atoms with E-state index in [2.05, 4.69) is 19.2 Å². The number of hydrogen-bond acceptors (Lipinski definition) is 1. The molecular formula is C13H25N. The van der Waals surface area contributed by atoms with Gasteiger partial charge in [0.05, 0.1) is 0 Å². The van der Waals surface area contributed by atoms with Crippen molar-refractivity contribution in [2.45, 2.75) is 58.4 Å². The fourth-order valence-corrected chi connectivity index (χ4v) is 3.20. The quantitative estimate of drug-likeness (QED) is 0.677. The minimum Gasteiger partial charge on any atom is -0.314 e. The van der Waals surface area contributed by atoms with E-state index >= 15 is 0 Å². The number of rotatable bonds is 1. The lowest BCUT2D eigenvalue weighted by atomic mass is 9.76. The maximum Gasteiger partial charge on any atom is 0.00978 e. The van der Waals surface area contributed by atoms with Crippen LogP contribution >= 0.6 is 0 Å². The Balaban J connectivity index is 1.82. The molecule has 0 aromatic rings. The molecule has 2 rings (SSSR count). The molecule has 1 saturated carbocycles. The molecule has 82 valence electrons. The molecule has 1 heteroatoms. The summed E-state index contributed by atoms with van der Waals surface area (Å²) in [6.07, 6.45) is 8.71. The van der Waals surface area contributed by atoms with Gasteiger partial charge in [0.2, 0.25) is 0 Å². The molecular weight excluding hydrogens is 170 g/mol. The Morgan fingerprint density at radius 2 is 1.57 bits per heavy atom. The third kappa shape index (κ3) is 2.50. The Labute approximate surface area is 88.7 Å². The predicted molar refractivity (Wildman–Crippen MR) is 61.3 cm³/mol. The first-order valence-electron chi connectivity index (χ1n) is 6.49. The highest BCUT2D eigenvalue weighted by atomic mass is 14.9. The minimum atomic E-state index is 0.853. The Kier molecular flexibility index (Phi) is 3.48. The van der Waals surface area contributed by atoms with Gasteiger partial charge in [0, 0.05) is 6.04 Å². The van der Waals surface area contributed by atoms with Crippen molar-refractivity contribution >= 4 is 0 Å². The van der Waals surface area contributed by atoms with E-state index in [0.717, 1.165) is 23.8 Å². The zero-order chi connectivity index (χ0) is 9.97. The van der Waals surface area contributed by atoms with Gasteiger partial charge in [-0.15, -0.1) is 0 Å². The van der Waals surface area contributed by atoms with Gasteiger partial charge in [0.25, 0.3) is 0 Å². The normalized spacial score (nSPS) is 45.0. The molecule has 2 aliphatic rings. The summed E-state index contributed by atoms with van der Waals surface area (Å²) in [6, 6.07) is 0.853. The molecule has 0 radical (unpaired) electrons. The summed E-state index contributed by atoms with van der Waals surface area (Å²) >= 11 is 0. The van der Waals surface area contributed by atoms with Gasteiger partial charge in [0.1, 0.15) is 0 Å². The third-order valence-corrected chi connectivity index (χ3v) is 4.33. The predicted octanol–water partition coefficient (Wildman–Crippen LogP) is 3.20. The van der Waals surface area contributed by atoms with Crippen LogP contribution in [0, 0.1) is 17.8 Å². The van der Waals surface area contributed by atoms with Crippen LogP contribution in [-0.4, -0.2) is 12.6 Å². The molecule has 0 aromatic heterocycles. The summed E-state index contributed by atoms with van der Waals surface area (Å²) < 4.78 is 0. The molecule has 0 aromatic carbocycles. The SMILES string of the molecule is CC1CCC(C2CC(C)CCN2)CC1. The highest BCUT2D eigenvalue weighted by Crippen LogP contribution is 2.33. The lowest BCUT2D eigenvalue weighted by Crippen LogP contribution is -2.43. The van der Waals surface area contributed by atoms with Crippen molar-refractivity contribution in [3.05, 3.63) is 0 Å². The summed E-state index contributed by atoms with van der Waals surface area (Å²) in [5, 5.41) is 3.73.